The maximum absolute atomic E-state index is 13.6. The Bertz CT molecular complexity index is 773. The average Bonchev–Trinajstić information content (AvgIpc) is 2.88. The predicted octanol–water partition coefficient (Wildman–Crippen LogP) is 2.64. The maximum Gasteiger partial charge on any atom is 0.257 e. The summed E-state index contributed by atoms with van der Waals surface area (Å²) in [5.74, 6) is -3.53. The van der Waals surface area contributed by atoms with Crippen LogP contribution in [0.3, 0.4) is 0 Å². The molecule has 0 aromatic heterocycles. The number of hydrogen-bond acceptors (Lipinski definition) is 2. The molecule has 1 heterocycles. The van der Waals surface area contributed by atoms with E-state index >= 15 is 0 Å². The zero-order valence-electron chi connectivity index (χ0n) is 12.4. The Labute approximate surface area is 135 Å². The molecular weight excluding hydrogens is 321 g/mol. The summed E-state index contributed by atoms with van der Waals surface area (Å²) >= 11 is 0. The van der Waals surface area contributed by atoms with Crippen LogP contribution in [0.25, 0.3) is 0 Å². The highest BCUT2D eigenvalue weighted by Crippen LogP contribution is 2.22. The first-order valence-electron chi connectivity index (χ1n) is 7.26. The molecule has 0 bridgehead atoms. The van der Waals surface area contributed by atoms with Crippen LogP contribution in [0.4, 0.5) is 18.9 Å². The molecule has 2 amide bonds. The molecule has 0 radical (unpaired) electrons. The van der Waals surface area contributed by atoms with Gasteiger partial charge in [0.2, 0.25) is 5.91 Å². The number of nitrogens with one attached hydrogen (secondary N) is 1. The Morgan fingerprint density at radius 2 is 1.67 bits per heavy atom. The molecule has 3 rings (SSSR count). The summed E-state index contributed by atoms with van der Waals surface area (Å²) < 4.78 is 40.2. The third-order valence-electron chi connectivity index (χ3n) is 3.79. The quantitative estimate of drug-likeness (QED) is 0.938. The Hall–Kier alpha value is -2.83. The Morgan fingerprint density at radius 1 is 1.04 bits per heavy atom. The minimum absolute atomic E-state index is 0.000805. The van der Waals surface area contributed by atoms with E-state index in [9.17, 15) is 22.8 Å². The van der Waals surface area contributed by atoms with Crippen molar-refractivity contribution < 1.29 is 22.8 Å². The van der Waals surface area contributed by atoms with Gasteiger partial charge < -0.3 is 10.2 Å². The van der Waals surface area contributed by atoms with E-state index in [0.717, 1.165) is 18.2 Å². The van der Waals surface area contributed by atoms with E-state index in [0.29, 0.717) is 5.69 Å². The van der Waals surface area contributed by atoms with Crippen molar-refractivity contribution in [1.29, 1.82) is 0 Å². The molecule has 1 N–H and O–H groups in total. The third kappa shape index (κ3) is 3.10. The molecule has 0 saturated carbocycles. The van der Waals surface area contributed by atoms with E-state index in [1.807, 2.05) is 0 Å². The summed E-state index contributed by atoms with van der Waals surface area (Å²) in [4.78, 5) is 25.5. The van der Waals surface area contributed by atoms with Crippen LogP contribution >= 0.6 is 0 Å². The van der Waals surface area contributed by atoms with Gasteiger partial charge in [-0.25, -0.2) is 13.2 Å². The van der Waals surface area contributed by atoms with Crippen molar-refractivity contribution in [1.82, 2.24) is 5.32 Å². The molecular formula is C17H13F3N2O2. The smallest absolute Gasteiger partial charge is 0.257 e. The van der Waals surface area contributed by atoms with Gasteiger partial charge >= 0.3 is 0 Å². The van der Waals surface area contributed by atoms with Crippen LogP contribution in [-0.2, 0) is 4.79 Å². The van der Waals surface area contributed by atoms with E-state index in [1.165, 1.54) is 29.2 Å². The molecule has 1 aliphatic rings. The molecule has 0 unspecified atom stereocenters. The van der Waals surface area contributed by atoms with Crippen LogP contribution in [0.2, 0.25) is 0 Å². The average molecular weight is 334 g/mol. The van der Waals surface area contributed by atoms with Gasteiger partial charge in [-0.1, -0.05) is 6.07 Å². The zero-order valence-corrected chi connectivity index (χ0v) is 12.4. The minimum Gasteiger partial charge on any atom is -0.347 e. The highest BCUT2D eigenvalue weighted by Gasteiger charge is 2.32. The van der Waals surface area contributed by atoms with Crippen molar-refractivity contribution >= 4 is 17.5 Å². The number of anilines is 1. The summed E-state index contributed by atoms with van der Waals surface area (Å²) in [6, 6.07) is 7.91. The van der Waals surface area contributed by atoms with Crippen LogP contribution in [0.15, 0.2) is 42.5 Å². The van der Waals surface area contributed by atoms with E-state index in [2.05, 4.69) is 5.32 Å². The van der Waals surface area contributed by atoms with E-state index in [4.69, 9.17) is 0 Å². The molecule has 0 aliphatic carbocycles. The summed E-state index contributed by atoms with van der Waals surface area (Å²) in [5.41, 5.74) is -0.180. The predicted molar refractivity (Wildman–Crippen MR) is 81.0 cm³/mol. The molecule has 1 atom stereocenters. The summed E-state index contributed by atoms with van der Waals surface area (Å²) in [7, 11) is 0. The maximum atomic E-state index is 13.6. The van der Waals surface area contributed by atoms with Crippen LogP contribution in [0.1, 0.15) is 16.8 Å². The van der Waals surface area contributed by atoms with Crippen molar-refractivity contribution in [2.75, 3.05) is 11.4 Å². The molecule has 1 saturated heterocycles. The summed E-state index contributed by atoms with van der Waals surface area (Å²) in [6.07, 6.45) is -0.000805. The first-order valence-corrected chi connectivity index (χ1v) is 7.26. The molecule has 124 valence electrons. The molecule has 0 spiro atoms. The van der Waals surface area contributed by atoms with Crippen LogP contribution < -0.4 is 10.2 Å². The first-order chi connectivity index (χ1) is 11.5. The van der Waals surface area contributed by atoms with Gasteiger partial charge in [-0.15, -0.1) is 0 Å². The second-order valence-electron chi connectivity index (χ2n) is 5.45. The second-order valence-corrected chi connectivity index (χ2v) is 5.45. The highest BCUT2D eigenvalue weighted by atomic mass is 19.1. The second kappa shape index (κ2) is 6.35. The number of halogens is 3. The summed E-state index contributed by atoms with van der Waals surface area (Å²) in [5, 5.41) is 2.46. The fraction of sp³-hybridized carbons (Fsp3) is 0.176. The van der Waals surface area contributed by atoms with E-state index in [1.54, 1.807) is 0 Å². The lowest BCUT2D eigenvalue weighted by molar-refractivity contribution is -0.117. The van der Waals surface area contributed by atoms with E-state index < -0.39 is 35.0 Å². The van der Waals surface area contributed by atoms with Gasteiger partial charge in [0.25, 0.3) is 5.91 Å². The van der Waals surface area contributed by atoms with Crippen molar-refractivity contribution in [3.63, 3.8) is 0 Å². The fourth-order valence-electron chi connectivity index (χ4n) is 2.65. The molecule has 4 nitrogen and oxygen atoms in total. The molecule has 7 heteroatoms. The molecule has 1 aliphatic heterocycles. The molecule has 2 aromatic rings. The van der Waals surface area contributed by atoms with Crippen LogP contribution in [0, 0.1) is 17.5 Å². The topological polar surface area (TPSA) is 49.4 Å². The number of carbonyl (C=O) groups is 2. The monoisotopic (exact) mass is 334 g/mol. The Balaban J connectivity index is 1.72. The van der Waals surface area contributed by atoms with Gasteiger partial charge in [-0.05, 0) is 36.4 Å². The Morgan fingerprint density at radius 3 is 2.29 bits per heavy atom. The SMILES string of the molecule is O=C(N[C@H]1CC(=O)N(c2ccc(F)cc2)C1)c1c(F)cccc1F. The number of hydrogen-bond donors (Lipinski definition) is 1. The number of benzene rings is 2. The largest absolute Gasteiger partial charge is 0.347 e. The highest BCUT2D eigenvalue weighted by molar-refractivity contribution is 5.99. The number of amides is 2. The van der Waals surface area contributed by atoms with Crippen LogP contribution in [-0.4, -0.2) is 24.4 Å². The van der Waals surface area contributed by atoms with Gasteiger partial charge in [0.1, 0.15) is 23.0 Å². The lowest BCUT2D eigenvalue weighted by Crippen LogP contribution is -2.38. The lowest BCUT2D eigenvalue weighted by Gasteiger charge is -2.17. The van der Waals surface area contributed by atoms with Crippen molar-refractivity contribution in [3.05, 3.63) is 65.5 Å². The standard InChI is InChI=1S/C17H13F3N2O2/c18-10-4-6-12(7-5-10)22-9-11(8-15(22)23)21-17(24)16-13(19)2-1-3-14(16)20/h1-7,11H,8-9H2,(H,21,24)/t11-/m0/s1. The Kier molecular flexibility index (Phi) is 4.24. The van der Waals surface area contributed by atoms with Crippen LogP contribution in [0.5, 0.6) is 0 Å². The van der Waals surface area contributed by atoms with Gasteiger partial charge in [-0.2, -0.15) is 0 Å². The number of nitrogens with zero attached hydrogens (tertiary/aromatic N) is 1. The van der Waals surface area contributed by atoms with Crippen molar-refractivity contribution in [3.8, 4) is 0 Å². The van der Waals surface area contributed by atoms with E-state index in [-0.39, 0.29) is 18.9 Å². The minimum atomic E-state index is -0.966. The molecule has 1 fully saturated rings. The molecule has 2 aromatic carbocycles. The number of rotatable bonds is 3. The third-order valence-corrected chi connectivity index (χ3v) is 3.79. The number of carbonyl (C=O) groups excluding carboxylic acids is 2. The summed E-state index contributed by atoms with van der Waals surface area (Å²) in [6.45, 7) is 0.145. The normalized spacial score (nSPS) is 17.2. The molecule has 24 heavy (non-hydrogen) atoms. The lowest BCUT2D eigenvalue weighted by atomic mass is 10.1. The van der Waals surface area contributed by atoms with Gasteiger partial charge in [0, 0.05) is 18.7 Å². The first kappa shape index (κ1) is 16.0. The van der Waals surface area contributed by atoms with Gasteiger partial charge in [-0.3, -0.25) is 9.59 Å². The zero-order chi connectivity index (χ0) is 17.3. The van der Waals surface area contributed by atoms with Gasteiger partial charge in [0.15, 0.2) is 0 Å². The van der Waals surface area contributed by atoms with Crippen molar-refractivity contribution in [2.24, 2.45) is 0 Å². The fourth-order valence-corrected chi connectivity index (χ4v) is 2.65. The van der Waals surface area contributed by atoms with Gasteiger partial charge in [0.05, 0.1) is 6.04 Å². The van der Waals surface area contributed by atoms with Crippen molar-refractivity contribution in [2.45, 2.75) is 12.5 Å².